The Hall–Kier alpha value is -2.24. The van der Waals surface area contributed by atoms with Crippen molar-refractivity contribution in [3.05, 3.63) is 58.6 Å². The highest BCUT2D eigenvalue weighted by molar-refractivity contribution is 6.31. The van der Waals surface area contributed by atoms with Gasteiger partial charge in [0.2, 0.25) is 0 Å². The summed E-state index contributed by atoms with van der Waals surface area (Å²) < 4.78 is 16.6. The van der Waals surface area contributed by atoms with Crippen molar-refractivity contribution in [1.82, 2.24) is 4.90 Å². The Morgan fingerprint density at radius 1 is 1.15 bits per heavy atom. The van der Waals surface area contributed by atoms with Crippen LogP contribution in [0.25, 0.3) is 0 Å². The van der Waals surface area contributed by atoms with Crippen molar-refractivity contribution in [2.75, 3.05) is 27.3 Å². The maximum absolute atomic E-state index is 12.9. The lowest BCUT2D eigenvalue weighted by Crippen LogP contribution is -2.43. The number of hydrogen-bond donors (Lipinski definition) is 0. The van der Waals surface area contributed by atoms with E-state index < -0.39 is 0 Å². The molecule has 1 heterocycles. The number of carbonyl (C=O) groups is 1. The summed E-state index contributed by atoms with van der Waals surface area (Å²) in [6, 6.07) is 12.9. The van der Waals surface area contributed by atoms with Crippen LogP contribution >= 0.6 is 11.6 Å². The highest BCUT2D eigenvalue weighted by atomic mass is 35.5. The molecular formula is C21H24ClNO4. The van der Waals surface area contributed by atoms with Crippen molar-refractivity contribution < 1.29 is 19.0 Å². The number of hydrogen-bond acceptors (Lipinski definition) is 4. The van der Waals surface area contributed by atoms with Gasteiger partial charge in [0, 0.05) is 29.7 Å². The zero-order valence-corrected chi connectivity index (χ0v) is 16.4. The summed E-state index contributed by atoms with van der Waals surface area (Å²) in [5.41, 5.74) is 1.51. The molecule has 1 atom stereocenters. The van der Waals surface area contributed by atoms with Gasteiger partial charge in [-0.2, -0.15) is 0 Å². The summed E-state index contributed by atoms with van der Waals surface area (Å²) in [7, 11) is 3.14. The highest BCUT2D eigenvalue weighted by Gasteiger charge is 2.26. The molecule has 1 aliphatic heterocycles. The van der Waals surface area contributed by atoms with Gasteiger partial charge in [0.05, 0.1) is 26.9 Å². The third kappa shape index (κ3) is 4.93. The van der Waals surface area contributed by atoms with E-state index in [1.807, 2.05) is 29.2 Å². The predicted molar refractivity (Wildman–Crippen MR) is 105 cm³/mol. The van der Waals surface area contributed by atoms with Crippen molar-refractivity contribution in [3.8, 4) is 11.5 Å². The van der Waals surface area contributed by atoms with E-state index in [9.17, 15) is 4.79 Å². The highest BCUT2D eigenvalue weighted by Crippen LogP contribution is 2.25. The van der Waals surface area contributed by atoms with Crippen molar-refractivity contribution in [2.24, 2.45) is 0 Å². The number of likely N-dealkylation sites (tertiary alicyclic amines) is 1. The Kier molecular flexibility index (Phi) is 6.58. The van der Waals surface area contributed by atoms with Crippen LogP contribution in [0, 0.1) is 0 Å². The van der Waals surface area contributed by atoms with Crippen LogP contribution in [0.4, 0.5) is 0 Å². The molecule has 6 heteroatoms. The molecule has 144 valence electrons. The number of halogens is 1. The van der Waals surface area contributed by atoms with Gasteiger partial charge in [-0.3, -0.25) is 4.79 Å². The minimum Gasteiger partial charge on any atom is -0.497 e. The Labute approximate surface area is 164 Å². The fourth-order valence-electron chi connectivity index (χ4n) is 3.20. The summed E-state index contributed by atoms with van der Waals surface area (Å²) in [4.78, 5) is 14.8. The molecule has 2 aromatic rings. The van der Waals surface area contributed by atoms with E-state index >= 15 is 0 Å². The van der Waals surface area contributed by atoms with E-state index in [4.69, 9.17) is 25.8 Å². The molecule has 0 saturated carbocycles. The minimum atomic E-state index is -0.0433. The molecule has 5 nitrogen and oxygen atoms in total. The Balaban J connectivity index is 1.65. The summed E-state index contributed by atoms with van der Waals surface area (Å²) in [6.45, 7) is 1.71. The third-order valence-corrected chi connectivity index (χ3v) is 5.06. The molecule has 1 fully saturated rings. The molecule has 2 aromatic carbocycles. The molecule has 0 spiro atoms. The largest absolute Gasteiger partial charge is 0.497 e. The molecule has 1 saturated heterocycles. The van der Waals surface area contributed by atoms with Gasteiger partial charge in [-0.1, -0.05) is 29.8 Å². The van der Waals surface area contributed by atoms with Gasteiger partial charge in [0.25, 0.3) is 5.91 Å². The van der Waals surface area contributed by atoms with E-state index in [1.165, 1.54) is 0 Å². The molecule has 27 heavy (non-hydrogen) atoms. The SMILES string of the molecule is COc1cc(OC)cc(C(=O)N2CCCC(OCc3ccccc3Cl)C2)c1. The van der Waals surface area contributed by atoms with Crippen LogP contribution in [0.3, 0.4) is 0 Å². The smallest absolute Gasteiger partial charge is 0.254 e. The Morgan fingerprint density at radius 3 is 2.52 bits per heavy atom. The number of ether oxygens (including phenoxy) is 3. The van der Waals surface area contributed by atoms with Crippen LogP contribution in [-0.4, -0.2) is 44.2 Å². The summed E-state index contributed by atoms with van der Waals surface area (Å²) in [6.07, 6.45) is 1.82. The van der Waals surface area contributed by atoms with Gasteiger partial charge >= 0.3 is 0 Å². The average molecular weight is 390 g/mol. The van der Waals surface area contributed by atoms with E-state index in [0.29, 0.717) is 41.8 Å². The van der Waals surface area contributed by atoms with E-state index in [0.717, 1.165) is 18.4 Å². The van der Waals surface area contributed by atoms with Gasteiger partial charge in [0.1, 0.15) is 11.5 Å². The number of nitrogens with zero attached hydrogens (tertiary/aromatic N) is 1. The van der Waals surface area contributed by atoms with Crippen LogP contribution in [0.15, 0.2) is 42.5 Å². The van der Waals surface area contributed by atoms with Crippen molar-refractivity contribution >= 4 is 17.5 Å². The number of rotatable bonds is 6. The first-order chi connectivity index (χ1) is 13.1. The zero-order valence-electron chi connectivity index (χ0n) is 15.6. The van der Waals surface area contributed by atoms with E-state index in [1.54, 1.807) is 32.4 Å². The zero-order chi connectivity index (χ0) is 19.2. The summed E-state index contributed by atoms with van der Waals surface area (Å²) >= 11 is 6.19. The molecule has 0 aliphatic carbocycles. The summed E-state index contributed by atoms with van der Waals surface area (Å²) in [5.74, 6) is 1.15. The molecule has 0 radical (unpaired) electrons. The normalized spacial score (nSPS) is 16.9. The van der Waals surface area contributed by atoms with Crippen molar-refractivity contribution in [1.29, 1.82) is 0 Å². The molecule has 0 aromatic heterocycles. The van der Waals surface area contributed by atoms with Gasteiger partial charge in [0.15, 0.2) is 0 Å². The number of methoxy groups -OCH3 is 2. The van der Waals surface area contributed by atoms with Crippen LogP contribution in [0.2, 0.25) is 5.02 Å². The van der Waals surface area contributed by atoms with Crippen molar-refractivity contribution in [3.63, 3.8) is 0 Å². The van der Waals surface area contributed by atoms with Crippen LogP contribution < -0.4 is 9.47 Å². The topological polar surface area (TPSA) is 48.0 Å². The Bertz CT molecular complexity index is 773. The standard InChI is InChI=1S/C21H24ClNO4/c1-25-18-10-16(11-19(12-18)26-2)21(24)23-9-5-7-17(13-23)27-14-15-6-3-4-8-20(15)22/h3-4,6,8,10-12,17H,5,7,9,13-14H2,1-2H3. The fraction of sp³-hybridized carbons (Fsp3) is 0.381. The lowest BCUT2D eigenvalue weighted by molar-refractivity contribution is -0.00671. The molecule has 0 bridgehead atoms. The molecule has 0 N–H and O–H groups in total. The molecule has 1 aliphatic rings. The van der Waals surface area contributed by atoms with Gasteiger partial charge in [-0.25, -0.2) is 0 Å². The number of benzene rings is 2. The predicted octanol–water partition coefficient (Wildman–Crippen LogP) is 4.18. The first kappa shape index (κ1) is 19.5. The maximum atomic E-state index is 12.9. The number of amides is 1. The lowest BCUT2D eigenvalue weighted by Gasteiger charge is -2.33. The van der Waals surface area contributed by atoms with Gasteiger partial charge in [-0.05, 0) is 36.6 Å². The van der Waals surface area contributed by atoms with Crippen molar-refractivity contribution in [2.45, 2.75) is 25.6 Å². The first-order valence-corrected chi connectivity index (χ1v) is 9.36. The lowest BCUT2D eigenvalue weighted by atomic mass is 10.1. The second-order valence-corrected chi connectivity index (χ2v) is 6.93. The maximum Gasteiger partial charge on any atom is 0.254 e. The van der Waals surface area contributed by atoms with Crippen LogP contribution in [0.5, 0.6) is 11.5 Å². The third-order valence-electron chi connectivity index (χ3n) is 4.70. The van der Waals surface area contributed by atoms with E-state index in [2.05, 4.69) is 0 Å². The van der Waals surface area contributed by atoms with Crippen LogP contribution in [0.1, 0.15) is 28.8 Å². The number of piperidine rings is 1. The molecule has 1 amide bonds. The molecule has 1 unspecified atom stereocenters. The van der Waals surface area contributed by atoms with E-state index in [-0.39, 0.29) is 12.0 Å². The molecule has 3 rings (SSSR count). The fourth-order valence-corrected chi connectivity index (χ4v) is 3.39. The monoisotopic (exact) mass is 389 g/mol. The van der Waals surface area contributed by atoms with Gasteiger partial charge < -0.3 is 19.1 Å². The second-order valence-electron chi connectivity index (χ2n) is 6.52. The number of carbonyl (C=O) groups excluding carboxylic acids is 1. The van der Waals surface area contributed by atoms with Crippen LogP contribution in [-0.2, 0) is 11.3 Å². The quantitative estimate of drug-likeness (QED) is 0.743. The van der Waals surface area contributed by atoms with Gasteiger partial charge in [-0.15, -0.1) is 0 Å². The minimum absolute atomic E-state index is 0.00789. The second kappa shape index (κ2) is 9.11. The molecular weight excluding hydrogens is 366 g/mol. The Morgan fingerprint density at radius 2 is 1.85 bits per heavy atom. The first-order valence-electron chi connectivity index (χ1n) is 8.98. The summed E-state index contributed by atoms with van der Waals surface area (Å²) in [5, 5.41) is 0.699. The average Bonchev–Trinajstić information content (AvgIpc) is 2.72.